The average Bonchev–Trinajstić information content (AvgIpc) is 2.97. The van der Waals surface area contributed by atoms with E-state index in [4.69, 9.17) is 19.9 Å². The van der Waals surface area contributed by atoms with E-state index in [0.717, 1.165) is 0 Å². The maximum atomic E-state index is 12.3. The van der Waals surface area contributed by atoms with Crippen molar-refractivity contribution in [3.8, 4) is 17.2 Å². The summed E-state index contributed by atoms with van der Waals surface area (Å²) in [4.78, 5) is 12.3. The van der Waals surface area contributed by atoms with Crippen molar-refractivity contribution in [3.63, 3.8) is 0 Å². The zero-order valence-electron chi connectivity index (χ0n) is 12.1. The summed E-state index contributed by atoms with van der Waals surface area (Å²) in [5.41, 5.74) is 7.38. The molecule has 3 rings (SSSR count). The standard InChI is InChI=1S/C16H16N2O4/c1-2-20-11-4-5-13(12(17)8-11)18-16(19)10-3-6-14-15(7-10)22-9-21-14/h3-8H,2,9,17H2,1H3,(H,18,19). The number of carbonyl (C=O) groups excluding carboxylic acids is 1. The minimum absolute atomic E-state index is 0.173. The molecule has 0 spiro atoms. The van der Waals surface area contributed by atoms with Gasteiger partial charge in [0.2, 0.25) is 6.79 Å². The fourth-order valence-corrected chi connectivity index (χ4v) is 2.14. The Kier molecular flexibility index (Phi) is 3.74. The van der Waals surface area contributed by atoms with E-state index in [0.29, 0.717) is 40.8 Å². The van der Waals surface area contributed by atoms with Gasteiger partial charge in [0.15, 0.2) is 11.5 Å². The molecule has 0 bridgehead atoms. The highest BCUT2D eigenvalue weighted by Crippen LogP contribution is 2.33. The first-order valence-electron chi connectivity index (χ1n) is 6.90. The van der Waals surface area contributed by atoms with Gasteiger partial charge in [-0.2, -0.15) is 0 Å². The van der Waals surface area contributed by atoms with Crippen molar-refractivity contribution in [2.24, 2.45) is 0 Å². The largest absolute Gasteiger partial charge is 0.494 e. The summed E-state index contributed by atoms with van der Waals surface area (Å²) in [6.45, 7) is 2.63. The van der Waals surface area contributed by atoms with Gasteiger partial charge in [-0.15, -0.1) is 0 Å². The molecule has 0 saturated heterocycles. The van der Waals surface area contributed by atoms with Gasteiger partial charge in [0.1, 0.15) is 5.75 Å². The lowest BCUT2D eigenvalue weighted by Gasteiger charge is -2.10. The molecule has 6 heteroatoms. The molecule has 6 nitrogen and oxygen atoms in total. The van der Waals surface area contributed by atoms with Crippen LogP contribution in [0.4, 0.5) is 11.4 Å². The van der Waals surface area contributed by atoms with Gasteiger partial charge in [-0.25, -0.2) is 0 Å². The molecule has 1 amide bonds. The molecule has 0 atom stereocenters. The second-order valence-corrected chi connectivity index (χ2v) is 4.70. The number of carbonyl (C=O) groups is 1. The van der Waals surface area contributed by atoms with Crippen LogP contribution in [-0.4, -0.2) is 19.3 Å². The predicted octanol–water partition coefficient (Wildman–Crippen LogP) is 2.65. The Morgan fingerprint density at radius 2 is 2.05 bits per heavy atom. The van der Waals surface area contributed by atoms with Crippen LogP contribution in [0.5, 0.6) is 17.2 Å². The van der Waals surface area contributed by atoms with Crippen molar-refractivity contribution >= 4 is 17.3 Å². The van der Waals surface area contributed by atoms with E-state index < -0.39 is 0 Å². The molecular weight excluding hydrogens is 284 g/mol. The highest BCUT2D eigenvalue weighted by atomic mass is 16.7. The number of nitrogens with two attached hydrogens (primary N) is 1. The summed E-state index contributed by atoms with van der Waals surface area (Å²) in [6, 6.07) is 10.2. The van der Waals surface area contributed by atoms with Crippen molar-refractivity contribution in [3.05, 3.63) is 42.0 Å². The van der Waals surface area contributed by atoms with Crippen LogP contribution in [0.15, 0.2) is 36.4 Å². The number of benzene rings is 2. The van der Waals surface area contributed by atoms with E-state index in [-0.39, 0.29) is 12.7 Å². The summed E-state index contributed by atoms with van der Waals surface area (Å²) >= 11 is 0. The minimum atomic E-state index is -0.269. The number of ether oxygens (including phenoxy) is 3. The van der Waals surface area contributed by atoms with Crippen molar-refractivity contribution in [2.75, 3.05) is 24.5 Å². The topological polar surface area (TPSA) is 82.8 Å². The Hall–Kier alpha value is -2.89. The molecule has 2 aromatic rings. The first kappa shape index (κ1) is 14.1. The molecule has 0 fully saturated rings. The van der Waals surface area contributed by atoms with Gasteiger partial charge in [0, 0.05) is 11.6 Å². The fraction of sp³-hybridized carbons (Fsp3) is 0.188. The van der Waals surface area contributed by atoms with Crippen molar-refractivity contribution in [2.45, 2.75) is 6.92 Å². The van der Waals surface area contributed by atoms with Gasteiger partial charge in [-0.05, 0) is 37.3 Å². The lowest BCUT2D eigenvalue weighted by molar-refractivity contribution is 0.102. The van der Waals surface area contributed by atoms with Crippen LogP contribution in [0, 0.1) is 0 Å². The molecule has 0 radical (unpaired) electrons. The van der Waals surface area contributed by atoms with Gasteiger partial charge in [0.05, 0.1) is 18.0 Å². The van der Waals surface area contributed by atoms with E-state index in [1.165, 1.54) is 0 Å². The summed E-state index contributed by atoms with van der Waals surface area (Å²) in [7, 11) is 0. The second kappa shape index (κ2) is 5.85. The number of hydrogen-bond donors (Lipinski definition) is 2. The van der Waals surface area contributed by atoms with Crippen LogP contribution < -0.4 is 25.3 Å². The van der Waals surface area contributed by atoms with Crippen molar-refractivity contribution in [1.82, 2.24) is 0 Å². The number of nitrogen functional groups attached to an aromatic ring is 1. The fourth-order valence-electron chi connectivity index (χ4n) is 2.14. The Morgan fingerprint density at radius 1 is 1.23 bits per heavy atom. The van der Waals surface area contributed by atoms with Crippen LogP contribution in [0.2, 0.25) is 0 Å². The third-order valence-electron chi connectivity index (χ3n) is 3.22. The van der Waals surface area contributed by atoms with Gasteiger partial charge < -0.3 is 25.3 Å². The van der Waals surface area contributed by atoms with E-state index in [9.17, 15) is 4.79 Å². The van der Waals surface area contributed by atoms with E-state index in [2.05, 4.69) is 5.32 Å². The Labute approximate surface area is 127 Å². The van der Waals surface area contributed by atoms with Gasteiger partial charge in [-0.3, -0.25) is 4.79 Å². The Bertz CT molecular complexity index is 715. The second-order valence-electron chi connectivity index (χ2n) is 4.70. The molecule has 1 heterocycles. The first-order chi connectivity index (χ1) is 10.7. The number of anilines is 2. The number of hydrogen-bond acceptors (Lipinski definition) is 5. The van der Waals surface area contributed by atoms with E-state index in [1.807, 2.05) is 6.92 Å². The van der Waals surface area contributed by atoms with E-state index >= 15 is 0 Å². The molecule has 1 aliphatic heterocycles. The summed E-state index contributed by atoms with van der Waals surface area (Å²) in [6.07, 6.45) is 0. The quantitative estimate of drug-likeness (QED) is 0.848. The maximum absolute atomic E-state index is 12.3. The van der Waals surface area contributed by atoms with Gasteiger partial charge in [-0.1, -0.05) is 0 Å². The minimum Gasteiger partial charge on any atom is -0.494 e. The zero-order valence-corrected chi connectivity index (χ0v) is 12.1. The molecule has 114 valence electrons. The van der Waals surface area contributed by atoms with Crippen molar-refractivity contribution < 1.29 is 19.0 Å². The molecule has 0 unspecified atom stereocenters. The van der Waals surface area contributed by atoms with Crippen LogP contribution >= 0.6 is 0 Å². The molecule has 22 heavy (non-hydrogen) atoms. The molecule has 1 aliphatic rings. The molecular formula is C16H16N2O4. The summed E-state index contributed by atoms with van der Waals surface area (Å²) in [5.74, 6) is 1.60. The number of rotatable bonds is 4. The van der Waals surface area contributed by atoms with Crippen molar-refractivity contribution in [1.29, 1.82) is 0 Å². The first-order valence-corrected chi connectivity index (χ1v) is 6.90. The van der Waals surface area contributed by atoms with Gasteiger partial charge in [0.25, 0.3) is 5.91 Å². The zero-order chi connectivity index (χ0) is 15.5. The third kappa shape index (κ3) is 2.76. The van der Waals surface area contributed by atoms with Crippen LogP contribution in [0.3, 0.4) is 0 Å². The monoisotopic (exact) mass is 300 g/mol. The molecule has 2 aromatic carbocycles. The molecule has 3 N–H and O–H groups in total. The van der Waals surface area contributed by atoms with E-state index in [1.54, 1.807) is 36.4 Å². The normalized spacial score (nSPS) is 12.0. The Balaban J connectivity index is 1.76. The number of fused-ring (bicyclic) bond motifs is 1. The SMILES string of the molecule is CCOc1ccc(NC(=O)c2ccc3c(c2)OCO3)c(N)c1. The number of nitrogens with one attached hydrogen (secondary N) is 1. The molecule has 0 aliphatic carbocycles. The van der Waals surface area contributed by atoms with Crippen LogP contribution in [0.1, 0.15) is 17.3 Å². The van der Waals surface area contributed by atoms with Crippen LogP contribution in [-0.2, 0) is 0 Å². The predicted molar refractivity (Wildman–Crippen MR) is 82.5 cm³/mol. The summed E-state index contributed by atoms with van der Waals surface area (Å²) < 4.78 is 15.8. The lowest BCUT2D eigenvalue weighted by Crippen LogP contribution is -2.13. The Morgan fingerprint density at radius 3 is 2.82 bits per heavy atom. The smallest absolute Gasteiger partial charge is 0.255 e. The third-order valence-corrected chi connectivity index (χ3v) is 3.22. The molecule has 0 saturated carbocycles. The summed E-state index contributed by atoms with van der Waals surface area (Å²) in [5, 5.41) is 2.77. The van der Waals surface area contributed by atoms with Crippen LogP contribution in [0.25, 0.3) is 0 Å². The molecule has 0 aromatic heterocycles. The van der Waals surface area contributed by atoms with Gasteiger partial charge >= 0.3 is 0 Å². The number of amides is 1. The maximum Gasteiger partial charge on any atom is 0.255 e. The lowest BCUT2D eigenvalue weighted by atomic mass is 10.1. The average molecular weight is 300 g/mol. The highest BCUT2D eigenvalue weighted by molar-refractivity contribution is 6.06. The highest BCUT2D eigenvalue weighted by Gasteiger charge is 2.16.